The molecule has 3 aliphatic rings. The number of rotatable bonds is 1. The highest BCUT2D eigenvalue weighted by atomic mass is 14.7. The van der Waals surface area contributed by atoms with Crippen LogP contribution in [0.15, 0.2) is 12.2 Å². The molecule has 0 aromatic heterocycles. The van der Waals surface area contributed by atoms with Gasteiger partial charge in [-0.3, -0.25) is 0 Å². The van der Waals surface area contributed by atoms with E-state index in [1.54, 1.807) is 0 Å². The normalized spacial score (nSPS) is 57.1. The molecule has 0 nitrogen and oxygen atoms in total. The lowest BCUT2D eigenvalue weighted by atomic mass is 9.59. The summed E-state index contributed by atoms with van der Waals surface area (Å²) < 4.78 is 0. The summed E-state index contributed by atoms with van der Waals surface area (Å²) in [6, 6.07) is 0. The molecule has 0 unspecified atom stereocenters. The molecule has 3 saturated carbocycles. The van der Waals surface area contributed by atoms with Gasteiger partial charge in [-0.2, -0.15) is 0 Å². The Balaban J connectivity index is 2.14. The van der Waals surface area contributed by atoms with Crippen LogP contribution in [0.4, 0.5) is 0 Å². The van der Waals surface area contributed by atoms with Crippen molar-refractivity contribution < 1.29 is 0 Å². The zero-order valence-electron chi connectivity index (χ0n) is 10.5. The zero-order valence-corrected chi connectivity index (χ0v) is 10.5. The van der Waals surface area contributed by atoms with Gasteiger partial charge in [0.25, 0.3) is 0 Å². The smallest absolute Gasteiger partial charge is 0.00545 e. The second-order valence-electron chi connectivity index (χ2n) is 7.04. The van der Waals surface area contributed by atoms with Gasteiger partial charge in [-0.05, 0) is 61.2 Å². The van der Waals surface area contributed by atoms with Crippen LogP contribution in [-0.4, -0.2) is 0 Å². The van der Waals surface area contributed by atoms with E-state index in [0.717, 1.165) is 5.92 Å². The Morgan fingerprint density at radius 3 is 2.53 bits per heavy atom. The average Bonchev–Trinajstić information content (AvgIpc) is 2.45. The van der Waals surface area contributed by atoms with Gasteiger partial charge < -0.3 is 0 Å². The Labute approximate surface area is 94.1 Å². The maximum absolute atomic E-state index is 4.33. The number of hydrogen-bond donors (Lipinski definition) is 0. The maximum Gasteiger partial charge on any atom is -0.00545 e. The van der Waals surface area contributed by atoms with Gasteiger partial charge in [0.15, 0.2) is 0 Å². The molecule has 3 aliphatic carbocycles. The maximum atomic E-state index is 4.33. The van der Waals surface area contributed by atoms with E-state index in [1.807, 2.05) is 0 Å². The fourth-order valence-electron chi connectivity index (χ4n) is 5.65. The van der Waals surface area contributed by atoms with E-state index in [1.165, 1.54) is 44.1 Å². The van der Waals surface area contributed by atoms with E-state index in [-0.39, 0.29) is 0 Å². The highest BCUT2D eigenvalue weighted by molar-refractivity contribution is 5.27. The van der Waals surface area contributed by atoms with E-state index in [0.29, 0.717) is 16.2 Å². The van der Waals surface area contributed by atoms with E-state index < -0.39 is 0 Å². The van der Waals surface area contributed by atoms with Crippen molar-refractivity contribution in [1.82, 2.24) is 0 Å². The van der Waals surface area contributed by atoms with Crippen molar-refractivity contribution >= 4 is 0 Å². The quantitative estimate of drug-likeness (QED) is 0.549. The molecule has 0 aliphatic heterocycles. The van der Waals surface area contributed by atoms with Gasteiger partial charge in [0.05, 0.1) is 0 Å². The molecule has 0 heteroatoms. The third kappa shape index (κ3) is 0.867. The van der Waals surface area contributed by atoms with E-state index in [2.05, 4.69) is 27.4 Å². The highest BCUT2D eigenvalue weighted by Gasteiger charge is 2.69. The summed E-state index contributed by atoms with van der Waals surface area (Å²) in [4.78, 5) is 0. The summed E-state index contributed by atoms with van der Waals surface area (Å²) in [6.07, 6.45) is 8.73. The van der Waals surface area contributed by atoms with Crippen LogP contribution in [-0.2, 0) is 0 Å². The molecule has 15 heavy (non-hydrogen) atoms. The molecule has 3 rings (SSSR count). The molecule has 4 atom stereocenters. The first-order chi connectivity index (χ1) is 6.95. The first-order valence-electron chi connectivity index (χ1n) is 6.61. The van der Waals surface area contributed by atoms with Crippen LogP contribution < -0.4 is 0 Å². The molecule has 0 aromatic carbocycles. The second kappa shape index (κ2) is 2.52. The first kappa shape index (κ1) is 9.93. The summed E-state index contributed by atoms with van der Waals surface area (Å²) in [5.41, 5.74) is 3.30. The summed E-state index contributed by atoms with van der Waals surface area (Å²) >= 11 is 0. The van der Waals surface area contributed by atoms with Crippen molar-refractivity contribution in [2.75, 3.05) is 0 Å². The van der Waals surface area contributed by atoms with Crippen LogP contribution in [0.1, 0.15) is 59.3 Å². The molecular formula is C15H24. The van der Waals surface area contributed by atoms with E-state index >= 15 is 0 Å². The molecular weight excluding hydrogens is 180 g/mol. The average molecular weight is 204 g/mol. The second-order valence-corrected chi connectivity index (χ2v) is 7.04. The fourth-order valence-corrected chi connectivity index (χ4v) is 5.65. The first-order valence-corrected chi connectivity index (χ1v) is 6.61. The molecule has 0 heterocycles. The van der Waals surface area contributed by atoms with Gasteiger partial charge in [-0.1, -0.05) is 32.4 Å². The van der Waals surface area contributed by atoms with Crippen molar-refractivity contribution in [3.8, 4) is 0 Å². The van der Waals surface area contributed by atoms with Crippen molar-refractivity contribution in [3.63, 3.8) is 0 Å². The molecule has 0 spiro atoms. The van der Waals surface area contributed by atoms with E-state index in [4.69, 9.17) is 0 Å². The minimum atomic E-state index is 0.542. The van der Waals surface area contributed by atoms with Crippen LogP contribution in [0.5, 0.6) is 0 Å². The Morgan fingerprint density at radius 2 is 1.93 bits per heavy atom. The van der Waals surface area contributed by atoms with Gasteiger partial charge in [0, 0.05) is 0 Å². The molecule has 84 valence electrons. The lowest BCUT2D eigenvalue weighted by molar-refractivity contribution is 0.0726. The van der Waals surface area contributed by atoms with Gasteiger partial charge in [-0.15, -0.1) is 0 Å². The number of allylic oxidation sites excluding steroid dienone is 1. The Hall–Kier alpha value is -0.260. The molecule has 0 amide bonds. The zero-order chi connectivity index (χ0) is 10.9. The minimum Gasteiger partial charge on any atom is -0.0996 e. The largest absolute Gasteiger partial charge is 0.0996 e. The van der Waals surface area contributed by atoms with Crippen molar-refractivity contribution in [2.24, 2.45) is 22.2 Å². The van der Waals surface area contributed by atoms with Gasteiger partial charge in [0.2, 0.25) is 0 Å². The molecule has 0 radical (unpaired) electrons. The third-order valence-electron chi connectivity index (χ3n) is 6.67. The predicted molar refractivity (Wildman–Crippen MR) is 64.7 cm³/mol. The van der Waals surface area contributed by atoms with Gasteiger partial charge >= 0.3 is 0 Å². The van der Waals surface area contributed by atoms with Crippen LogP contribution in [0.2, 0.25) is 0 Å². The highest BCUT2D eigenvalue weighted by Crippen LogP contribution is 2.78. The van der Waals surface area contributed by atoms with E-state index in [9.17, 15) is 0 Å². The lowest BCUT2D eigenvalue weighted by Crippen LogP contribution is -2.37. The van der Waals surface area contributed by atoms with Gasteiger partial charge in [-0.25, -0.2) is 0 Å². The summed E-state index contributed by atoms with van der Waals surface area (Å²) in [7, 11) is 0. The molecule has 3 fully saturated rings. The summed E-state index contributed by atoms with van der Waals surface area (Å²) in [5, 5.41) is 0. The van der Waals surface area contributed by atoms with Crippen molar-refractivity contribution in [2.45, 2.75) is 59.3 Å². The Kier molecular flexibility index (Phi) is 1.67. The molecule has 0 saturated heterocycles. The SMILES string of the molecule is C=C(C)[C@@]12CCC[C@@]3(C)[C@H]1CC[C@@]3(C)C2. The van der Waals surface area contributed by atoms with Crippen molar-refractivity contribution in [3.05, 3.63) is 12.2 Å². The van der Waals surface area contributed by atoms with Crippen LogP contribution >= 0.6 is 0 Å². The monoisotopic (exact) mass is 204 g/mol. The molecule has 0 N–H and O–H groups in total. The summed E-state index contributed by atoms with van der Waals surface area (Å²) in [5.74, 6) is 0.959. The number of hydrogen-bond acceptors (Lipinski definition) is 0. The van der Waals surface area contributed by atoms with Crippen molar-refractivity contribution in [1.29, 1.82) is 0 Å². The predicted octanol–water partition coefficient (Wildman–Crippen LogP) is 4.56. The third-order valence-corrected chi connectivity index (χ3v) is 6.67. The standard InChI is InChI=1S/C15H24/c1-11(2)15-8-5-7-14(4)12(15)6-9-13(14,3)10-15/h12H,1,5-10H2,2-4H3/t12-,13+,14+,15+/m1/s1. The van der Waals surface area contributed by atoms with Gasteiger partial charge in [0.1, 0.15) is 0 Å². The summed E-state index contributed by atoms with van der Waals surface area (Å²) in [6.45, 7) is 11.8. The Morgan fingerprint density at radius 1 is 1.20 bits per heavy atom. The Bertz CT molecular complexity index is 329. The molecule has 4 bridgehead atoms. The lowest BCUT2D eigenvalue weighted by Gasteiger charge is -2.45. The van der Waals surface area contributed by atoms with Crippen LogP contribution in [0.25, 0.3) is 0 Å². The topological polar surface area (TPSA) is 0 Å². The van der Waals surface area contributed by atoms with Crippen LogP contribution in [0.3, 0.4) is 0 Å². The minimum absolute atomic E-state index is 0.542. The molecule has 0 aromatic rings. The fraction of sp³-hybridized carbons (Fsp3) is 0.867. The van der Waals surface area contributed by atoms with Crippen LogP contribution in [0, 0.1) is 22.2 Å².